The molecule has 2 rings (SSSR count). The van der Waals surface area contributed by atoms with Crippen molar-refractivity contribution in [1.82, 2.24) is 4.72 Å². The maximum Gasteiger partial charge on any atom is 0.240 e. The van der Waals surface area contributed by atoms with Crippen molar-refractivity contribution < 1.29 is 17.9 Å². The van der Waals surface area contributed by atoms with Crippen LogP contribution in [0.5, 0.6) is 5.75 Å². The molecular weight excluding hydrogens is 316 g/mol. The van der Waals surface area contributed by atoms with Crippen LogP contribution in [0.25, 0.3) is 0 Å². The number of nitrogens with one attached hydrogen (secondary N) is 1. The maximum absolute atomic E-state index is 12.5. The Morgan fingerprint density at radius 1 is 1.22 bits per heavy atom. The van der Waals surface area contributed by atoms with Crippen molar-refractivity contribution in [3.63, 3.8) is 0 Å². The average Bonchev–Trinajstić information content (AvgIpc) is 3.08. The molecule has 0 saturated heterocycles. The summed E-state index contributed by atoms with van der Waals surface area (Å²) in [5.74, 6) is 0.957. The quantitative estimate of drug-likeness (QED) is 0.664. The second-order valence-corrected chi connectivity index (χ2v) is 7.53. The molecule has 3 N–H and O–H groups in total. The second kappa shape index (κ2) is 8.63. The van der Waals surface area contributed by atoms with E-state index in [1.807, 2.05) is 0 Å². The van der Waals surface area contributed by atoms with Gasteiger partial charge in [0, 0.05) is 19.7 Å². The van der Waals surface area contributed by atoms with Crippen molar-refractivity contribution in [3.05, 3.63) is 24.3 Å². The van der Waals surface area contributed by atoms with Crippen LogP contribution in [0, 0.1) is 5.92 Å². The lowest BCUT2D eigenvalue weighted by molar-refractivity contribution is 0.146. The summed E-state index contributed by atoms with van der Waals surface area (Å²) in [6.45, 7) is 1.24. The highest BCUT2D eigenvalue weighted by atomic mass is 32.2. The predicted molar refractivity (Wildman–Crippen MR) is 88.9 cm³/mol. The summed E-state index contributed by atoms with van der Waals surface area (Å²) >= 11 is 0. The van der Waals surface area contributed by atoms with Crippen LogP contribution in [0.4, 0.5) is 0 Å². The third kappa shape index (κ3) is 5.17. The van der Waals surface area contributed by atoms with E-state index in [1.54, 1.807) is 31.4 Å². The zero-order valence-corrected chi connectivity index (χ0v) is 14.3. The van der Waals surface area contributed by atoms with Crippen LogP contribution in [0.15, 0.2) is 29.2 Å². The van der Waals surface area contributed by atoms with Crippen molar-refractivity contribution in [1.29, 1.82) is 0 Å². The average molecular weight is 342 g/mol. The first kappa shape index (κ1) is 18.2. The normalized spacial score (nSPS) is 17.3. The third-order valence-electron chi connectivity index (χ3n) is 4.22. The van der Waals surface area contributed by atoms with Crippen LogP contribution in [0.3, 0.4) is 0 Å². The van der Waals surface area contributed by atoms with Crippen LogP contribution < -0.4 is 15.2 Å². The van der Waals surface area contributed by atoms with Gasteiger partial charge in [-0.1, -0.05) is 12.8 Å². The Bertz CT molecular complexity index is 568. The van der Waals surface area contributed by atoms with Gasteiger partial charge in [0.2, 0.25) is 10.0 Å². The van der Waals surface area contributed by atoms with Gasteiger partial charge in [0.15, 0.2) is 0 Å². The minimum absolute atomic E-state index is 0.194. The lowest BCUT2D eigenvalue weighted by atomic mass is 9.99. The van der Waals surface area contributed by atoms with Gasteiger partial charge in [-0.15, -0.1) is 0 Å². The van der Waals surface area contributed by atoms with Gasteiger partial charge in [-0.2, -0.15) is 0 Å². The van der Waals surface area contributed by atoms with Gasteiger partial charge in [0.1, 0.15) is 12.4 Å². The van der Waals surface area contributed by atoms with E-state index in [-0.39, 0.29) is 10.9 Å². The van der Waals surface area contributed by atoms with E-state index in [0.29, 0.717) is 31.4 Å². The van der Waals surface area contributed by atoms with Gasteiger partial charge >= 0.3 is 0 Å². The minimum Gasteiger partial charge on any atom is -0.491 e. The predicted octanol–water partition coefficient (Wildman–Crippen LogP) is 1.51. The fraction of sp³-hybridized carbons (Fsp3) is 0.625. The molecule has 1 saturated carbocycles. The highest BCUT2D eigenvalue weighted by Gasteiger charge is 2.28. The maximum atomic E-state index is 12.5. The van der Waals surface area contributed by atoms with E-state index < -0.39 is 10.0 Å². The van der Waals surface area contributed by atoms with Crippen LogP contribution in [0.1, 0.15) is 25.7 Å². The molecule has 1 unspecified atom stereocenters. The van der Waals surface area contributed by atoms with E-state index in [9.17, 15) is 8.42 Å². The first-order valence-corrected chi connectivity index (χ1v) is 9.49. The summed E-state index contributed by atoms with van der Waals surface area (Å²) in [6, 6.07) is 6.20. The summed E-state index contributed by atoms with van der Waals surface area (Å²) in [5.41, 5.74) is 5.77. The molecule has 0 radical (unpaired) electrons. The molecule has 0 amide bonds. The van der Waals surface area contributed by atoms with Crippen molar-refractivity contribution in [2.24, 2.45) is 11.7 Å². The Morgan fingerprint density at radius 3 is 2.43 bits per heavy atom. The molecule has 1 atom stereocenters. The molecule has 0 aliphatic heterocycles. The molecule has 0 spiro atoms. The van der Waals surface area contributed by atoms with Gasteiger partial charge in [-0.3, -0.25) is 0 Å². The Hall–Kier alpha value is -1.15. The third-order valence-corrected chi connectivity index (χ3v) is 5.73. The molecule has 1 aromatic rings. The van der Waals surface area contributed by atoms with E-state index >= 15 is 0 Å². The topological polar surface area (TPSA) is 90.6 Å². The van der Waals surface area contributed by atoms with Crippen molar-refractivity contribution in [2.75, 3.05) is 26.9 Å². The Balaban J connectivity index is 2.00. The Morgan fingerprint density at radius 2 is 1.87 bits per heavy atom. The van der Waals surface area contributed by atoms with Crippen LogP contribution in [-0.2, 0) is 14.8 Å². The summed E-state index contributed by atoms with van der Waals surface area (Å²) in [7, 11) is -1.96. The Labute approximate surface area is 138 Å². The molecule has 0 heterocycles. The van der Waals surface area contributed by atoms with Crippen LogP contribution in [-0.4, -0.2) is 41.3 Å². The smallest absolute Gasteiger partial charge is 0.240 e. The Kier molecular flexibility index (Phi) is 6.83. The molecule has 23 heavy (non-hydrogen) atoms. The number of benzene rings is 1. The monoisotopic (exact) mass is 342 g/mol. The lowest BCUT2D eigenvalue weighted by Gasteiger charge is -2.23. The largest absolute Gasteiger partial charge is 0.491 e. The van der Waals surface area contributed by atoms with Gasteiger partial charge in [0.05, 0.1) is 11.5 Å². The highest BCUT2D eigenvalue weighted by molar-refractivity contribution is 7.89. The van der Waals surface area contributed by atoms with E-state index in [4.69, 9.17) is 15.2 Å². The zero-order valence-electron chi connectivity index (χ0n) is 13.5. The molecule has 1 fully saturated rings. The molecule has 0 bridgehead atoms. The SMILES string of the molecule is COCCOc1ccc(S(=O)(=O)NC(CN)C2CCCC2)cc1. The molecule has 6 nitrogen and oxygen atoms in total. The summed E-state index contributed by atoms with van der Waals surface area (Å²) in [4.78, 5) is 0.230. The zero-order chi connectivity index (χ0) is 16.7. The molecule has 7 heteroatoms. The van der Waals surface area contributed by atoms with Crippen molar-refractivity contribution in [2.45, 2.75) is 36.6 Å². The first-order chi connectivity index (χ1) is 11.1. The van der Waals surface area contributed by atoms with Crippen molar-refractivity contribution in [3.8, 4) is 5.75 Å². The van der Waals surface area contributed by atoms with Gasteiger partial charge < -0.3 is 15.2 Å². The van der Waals surface area contributed by atoms with Gasteiger partial charge in [0.25, 0.3) is 0 Å². The second-order valence-electron chi connectivity index (χ2n) is 5.82. The van der Waals surface area contributed by atoms with Crippen molar-refractivity contribution >= 4 is 10.0 Å². The van der Waals surface area contributed by atoms with Gasteiger partial charge in [-0.05, 0) is 43.0 Å². The summed E-state index contributed by atoms with van der Waals surface area (Å²) in [6.07, 6.45) is 4.38. The van der Waals surface area contributed by atoms with Crippen LogP contribution >= 0.6 is 0 Å². The first-order valence-electron chi connectivity index (χ1n) is 8.01. The molecule has 1 aliphatic rings. The fourth-order valence-corrected chi connectivity index (χ4v) is 4.24. The summed E-state index contributed by atoms with van der Waals surface area (Å²) in [5, 5.41) is 0. The lowest BCUT2D eigenvalue weighted by Crippen LogP contribution is -2.44. The fourth-order valence-electron chi connectivity index (χ4n) is 2.92. The number of ether oxygens (including phenoxy) is 2. The molecule has 130 valence electrons. The number of hydrogen-bond donors (Lipinski definition) is 2. The van der Waals surface area contributed by atoms with E-state index in [0.717, 1.165) is 25.7 Å². The number of hydrogen-bond acceptors (Lipinski definition) is 5. The van der Waals surface area contributed by atoms with E-state index in [1.165, 1.54) is 0 Å². The van der Waals surface area contributed by atoms with E-state index in [2.05, 4.69) is 4.72 Å². The minimum atomic E-state index is -3.56. The van der Waals surface area contributed by atoms with Crippen LogP contribution in [0.2, 0.25) is 0 Å². The highest BCUT2D eigenvalue weighted by Crippen LogP contribution is 2.28. The molecular formula is C16H26N2O4S. The number of sulfonamides is 1. The number of methoxy groups -OCH3 is 1. The number of nitrogens with two attached hydrogens (primary N) is 1. The molecule has 1 aliphatic carbocycles. The van der Waals surface area contributed by atoms with Gasteiger partial charge in [-0.25, -0.2) is 13.1 Å². The summed E-state index contributed by atoms with van der Waals surface area (Å²) < 4.78 is 38.1. The molecule has 0 aromatic heterocycles. The number of rotatable bonds is 9. The molecule has 1 aromatic carbocycles. The standard InChI is InChI=1S/C16H26N2O4S/c1-21-10-11-22-14-6-8-15(9-7-14)23(19,20)18-16(12-17)13-4-2-3-5-13/h6-9,13,16,18H,2-5,10-12,17H2,1H3.